The summed E-state index contributed by atoms with van der Waals surface area (Å²) in [6.07, 6.45) is 0.0968. The molecule has 2 aliphatic rings. The highest BCUT2D eigenvalue weighted by atomic mass is 16.5. The summed E-state index contributed by atoms with van der Waals surface area (Å²) in [5.41, 5.74) is 4.57. The molecule has 1 aliphatic carbocycles. The number of fused-ring (bicyclic) bond motifs is 3. The van der Waals surface area contributed by atoms with E-state index in [0.717, 1.165) is 22.3 Å². The first-order chi connectivity index (χ1) is 16.3. The summed E-state index contributed by atoms with van der Waals surface area (Å²) in [5, 5.41) is 12.0. The van der Waals surface area contributed by atoms with Gasteiger partial charge in [0.25, 0.3) is 0 Å². The maximum absolute atomic E-state index is 13.1. The summed E-state index contributed by atoms with van der Waals surface area (Å²) in [7, 11) is 0. The fraction of sp³-hybridized carbons (Fsp3) is 0.444. The Morgan fingerprint density at radius 1 is 1.03 bits per heavy atom. The molecule has 1 saturated heterocycles. The largest absolute Gasteiger partial charge is 0.481 e. The average molecular weight is 465 g/mol. The average Bonchev–Trinajstić information content (AvgIpc) is 3.13. The summed E-state index contributed by atoms with van der Waals surface area (Å²) >= 11 is 0. The first kappa shape index (κ1) is 23.8. The molecule has 0 spiro atoms. The van der Waals surface area contributed by atoms with Crippen molar-refractivity contribution < 1.29 is 24.2 Å². The second-order valence-corrected chi connectivity index (χ2v) is 9.46. The molecule has 7 nitrogen and oxygen atoms in total. The van der Waals surface area contributed by atoms with Gasteiger partial charge in [0.05, 0.1) is 5.92 Å². The van der Waals surface area contributed by atoms with Crippen LogP contribution in [0.25, 0.3) is 11.1 Å². The van der Waals surface area contributed by atoms with Crippen molar-refractivity contribution >= 4 is 18.0 Å². The number of carbonyl (C=O) groups is 3. The summed E-state index contributed by atoms with van der Waals surface area (Å²) < 4.78 is 5.64. The Kier molecular flexibility index (Phi) is 6.91. The minimum Gasteiger partial charge on any atom is -0.481 e. The van der Waals surface area contributed by atoms with Crippen molar-refractivity contribution in [1.29, 1.82) is 0 Å². The van der Waals surface area contributed by atoms with Crippen molar-refractivity contribution in [3.05, 3.63) is 59.7 Å². The van der Waals surface area contributed by atoms with E-state index in [0.29, 0.717) is 19.5 Å². The van der Waals surface area contributed by atoms with Crippen molar-refractivity contribution in [2.24, 2.45) is 17.8 Å². The molecular weight excluding hydrogens is 432 g/mol. The van der Waals surface area contributed by atoms with E-state index < -0.39 is 24.0 Å². The molecule has 2 amide bonds. The number of rotatable bonds is 8. The van der Waals surface area contributed by atoms with Gasteiger partial charge in [0.15, 0.2) is 0 Å². The highest BCUT2D eigenvalue weighted by Gasteiger charge is 2.41. The highest BCUT2D eigenvalue weighted by Crippen LogP contribution is 2.44. The molecule has 7 heteroatoms. The van der Waals surface area contributed by atoms with E-state index in [-0.39, 0.29) is 30.3 Å². The Bertz CT molecular complexity index is 1030. The molecule has 2 N–H and O–H groups in total. The number of aliphatic carboxylic acids is 1. The van der Waals surface area contributed by atoms with Crippen molar-refractivity contribution in [1.82, 2.24) is 10.2 Å². The van der Waals surface area contributed by atoms with Crippen molar-refractivity contribution in [3.8, 4) is 11.1 Å². The first-order valence-corrected chi connectivity index (χ1v) is 11.9. The molecule has 0 radical (unpaired) electrons. The van der Waals surface area contributed by atoms with E-state index >= 15 is 0 Å². The van der Waals surface area contributed by atoms with Crippen LogP contribution in [0.3, 0.4) is 0 Å². The molecular formula is C27H32N2O5. The summed E-state index contributed by atoms with van der Waals surface area (Å²) in [6, 6.07) is 15.6. The molecule has 2 unspecified atom stereocenters. The molecule has 2 aromatic carbocycles. The molecule has 4 rings (SSSR count). The van der Waals surface area contributed by atoms with Crippen LogP contribution in [0.1, 0.15) is 44.2 Å². The topological polar surface area (TPSA) is 95.9 Å². The maximum atomic E-state index is 13.1. The Morgan fingerprint density at radius 2 is 1.59 bits per heavy atom. The van der Waals surface area contributed by atoms with E-state index in [2.05, 4.69) is 29.6 Å². The zero-order chi connectivity index (χ0) is 24.4. The number of amides is 2. The van der Waals surface area contributed by atoms with Crippen LogP contribution in [0, 0.1) is 17.8 Å². The van der Waals surface area contributed by atoms with Crippen LogP contribution in [0.2, 0.25) is 0 Å². The van der Waals surface area contributed by atoms with E-state index in [1.54, 1.807) is 11.8 Å². The number of carbonyl (C=O) groups excluding carboxylic acids is 2. The predicted molar refractivity (Wildman–Crippen MR) is 128 cm³/mol. The molecule has 180 valence electrons. The van der Waals surface area contributed by atoms with Gasteiger partial charge in [-0.1, -0.05) is 75.7 Å². The van der Waals surface area contributed by atoms with Crippen LogP contribution in [-0.4, -0.2) is 53.7 Å². The van der Waals surface area contributed by atoms with Gasteiger partial charge in [-0.15, -0.1) is 0 Å². The zero-order valence-electron chi connectivity index (χ0n) is 19.9. The van der Waals surface area contributed by atoms with Crippen LogP contribution < -0.4 is 5.32 Å². The normalized spacial score (nSPS) is 17.7. The second kappa shape index (κ2) is 9.87. The fourth-order valence-electron chi connectivity index (χ4n) is 4.86. The van der Waals surface area contributed by atoms with Gasteiger partial charge in [0.1, 0.15) is 12.6 Å². The first-order valence-electron chi connectivity index (χ1n) is 11.9. The number of alkyl carbamates (subject to hydrolysis) is 1. The molecule has 1 fully saturated rings. The minimum absolute atomic E-state index is 0.0513. The third-order valence-electron chi connectivity index (χ3n) is 7.41. The van der Waals surface area contributed by atoms with Crippen molar-refractivity contribution in [2.45, 2.75) is 39.2 Å². The van der Waals surface area contributed by atoms with E-state index in [4.69, 9.17) is 4.74 Å². The van der Waals surface area contributed by atoms with Crippen LogP contribution in [0.4, 0.5) is 4.79 Å². The number of hydrogen-bond donors (Lipinski definition) is 2. The third kappa shape index (κ3) is 4.52. The number of likely N-dealkylation sites (tertiary alicyclic amines) is 1. The van der Waals surface area contributed by atoms with E-state index in [1.807, 2.05) is 38.1 Å². The molecule has 0 saturated carbocycles. The van der Waals surface area contributed by atoms with Gasteiger partial charge in [-0.25, -0.2) is 4.79 Å². The van der Waals surface area contributed by atoms with Gasteiger partial charge in [-0.2, -0.15) is 0 Å². The minimum atomic E-state index is -0.854. The van der Waals surface area contributed by atoms with Crippen LogP contribution >= 0.6 is 0 Å². The second-order valence-electron chi connectivity index (χ2n) is 9.46. The number of carboxylic acids is 1. The quantitative estimate of drug-likeness (QED) is 0.613. The van der Waals surface area contributed by atoms with Gasteiger partial charge in [0.2, 0.25) is 5.91 Å². The lowest BCUT2D eigenvalue weighted by atomic mass is 9.85. The molecule has 0 aromatic heterocycles. The predicted octanol–water partition coefficient (Wildman–Crippen LogP) is 4.12. The summed E-state index contributed by atoms with van der Waals surface area (Å²) in [6.45, 7) is 6.52. The monoisotopic (exact) mass is 464 g/mol. The Labute approximate surface area is 200 Å². The summed E-state index contributed by atoms with van der Waals surface area (Å²) in [4.78, 5) is 38.7. The number of nitrogens with zero attached hydrogens (tertiary/aromatic N) is 1. The molecule has 2 aromatic rings. The standard InChI is InChI=1S/C27H32N2O5/c1-4-16(2)24(25(30)29-13-18(14-29)17(3)26(31)32)28-27(33)34-15-23-21-11-7-5-9-19(21)20-10-6-8-12-22(20)23/h5-12,16-18,23-24H,4,13-15H2,1-3H3,(H,28,33)(H,31,32)/t16?,17?,24-/m0/s1. The lowest BCUT2D eigenvalue weighted by molar-refractivity contribution is -0.151. The molecule has 1 aliphatic heterocycles. The van der Waals surface area contributed by atoms with Crippen molar-refractivity contribution in [3.63, 3.8) is 0 Å². The number of carboxylic acid groups (broad SMARTS) is 1. The maximum Gasteiger partial charge on any atom is 0.407 e. The van der Waals surface area contributed by atoms with Gasteiger partial charge in [-0.05, 0) is 28.2 Å². The van der Waals surface area contributed by atoms with Gasteiger partial charge in [-0.3, -0.25) is 9.59 Å². The van der Waals surface area contributed by atoms with E-state index in [9.17, 15) is 19.5 Å². The van der Waals surface area contributed by atoms with E-state index in [1.165, 1.54) is 0 Å². The molecule has 3 atom stereocenters. The summed E-state index contributed by atoms with van der Waals surface area (Å²) in [5.74, 6) is -1.73. The van der Waals surface area contributed by atoms with Crippen LogP contribution in [0.5, 0.6) is 0 Å². The zero-order valence-corrected chi connectivity index (χ0v) is 19.9. The number of hydrogen-bond acceptors (Lipinski definition) is 4. The SMILES string of the molecule is CCC(C)[C@H](NC(=O)OCC1c2ccccc2-c2ccccc21)C(=O)N1CC(C(C)C(=O)O)C1. The molecule has 1 heterocycles. The van der Waals surface area contributed by atoms with Gasteiger partial charge in [0, 0.05) is 24.9 Å². The Hall–Kier alpha value is -3.35. The number of benzene rings is 2. The van der Waals surface area contributed by atoms with Crippen molar-refractivity contribution in [2.75, 3.05) is 19.7 Å². The number of nitrogens with one attached hydrogen (secondary N) is 1. The number of ether oxygens (including phenoxy) is 1. The third-order valence-corrected chi connectivity index (χ3v) is 7.41. The molecule has 0 bridgehead atoms. The highest BCUT2D eigenvalue weighted by molar-refractivity contribution is 5.87. The molecule has 34 heavy (non-hydrogen) atoms. The Balaban J connectivity index is 1.39. The lowest BCUT2D eigenvalue weighted by Gasteiger charge is -2.43. The Morgan fingerprint density at radius 3 is 2.12 bits per heavy atom. The lowest BCUT2D eigenvalue weighted by Crippen LogP contribution is -2.60. The fourth-order valence-corrected chi connectivity index (χ4v) is 4.86. The van der Waals surface area contributed by atoms with Crippen LogP contribution in [-0.2, 0) is 14.3 Å². The van der Waals surface area contributed by atoms with Crippen LogP contribution in [0.15, 0.2) is 48.5 Å². The van der Waals surface area contributed by atoms with Gasteiger partial charge < -0.3 is 20.1 Å². The smallest absolute Gasteiger partial charge is 0.407 e. The van der Waals surface area contributed by atoms with Gasteiger partial charge >= 0.3 is 12.1 Å².